The summed E-state index contributed by atoms with van der Waals surface area (Å²) in [5.74, 6) is 0.760. The van der Waals surface area contributed by atoms with Gasteiger partial charge in [-0.15, -0.1) is 0 Å². The summed E-state index contributed by atoms with van der Waals surface area (Å²) in [6.07, 6.45) is 0.571. The van der Waals surface area contributed by atoms with E-state index < -0.39 is 5.97 Å². The molecule has 1 aromatic rings. The van der Waals surface area contributed by atoms with Crippen molar-refractivity contribution >= 4 is 11.9 Å². The Morgan fingerprint density at radius 1 is 1.40 bits per heavy atom. The summed E-state index contributed by atoms with van der Waals surface area (Å²) in [7, 11) is 0. The Labute approximate surface area is 89.5 Å². The molecule has 1 heterocycles. The lowest BCUT2D eigenvalue weighted by atomic mass is 10.2. The predicted molar refractivity (Wildman–Crippen MR) is 58.2 cm³/mol. The first-order chi connectivity index (χ1) is 7.17. The highest BCUT2D eigenvalue weighted by molar-refractivity contribution is 5.66. The average molecular weight is 211 g/mol. The minimum absolute atomic E-state index is 0.116. The lowest BCUT2D eigenvalue weighted by Crippen LogP contribution is -2.20. The van der Waals surface area contributed by atoms with Crippen LogP contribution in [0.4, 0.5) is 5.88 Å². The van der Waals surface area contributed by atoms with E-state index in [1.807, 2.05) is 12.1 Å². The summed E-state index contributed by atoms with van der Waals surface area (Å²) in [6.45, 7) is 5.90. The number of aryl methyl sites for hydroxylation is 1. The lowest BCUT2D eigenvalue weighted by molar-refractivity contribution is -0.137. The molecule has 0 saturated carbocycles. The highest BCUT2D eigenvalue weighted by Gasteiger charge is 2.08. The Morgan fingerprint density at radius 2 is 2.07 bits per heavy atom. The van der Waals surface area contributed by atoms with Gasteiger partial charge in [-0.3, -0.25) is 4.79 Å². The largest absolute Gasteiger partial charge is 0.481 e. The number of anilines is 1. The van der Waals surface area contributed by atoms with Crippen molar-refractivity contribution in [3.05, 3.63) is 17.9 Å². The van der Waals surface area contributed by atoms with Gasteiger partial charge in [0.15, 0.2) is 5.88 Å². The van der Waals surface area contributed by atoms with Crippen LogP contribution < -0.4 is 4.90 Å². The van der Waals surface area contributed by atoms with Gasteiger partial charge in [-0.2, -0.15) is 0 Å². The van der Waals surface area contributed by atoms with Crippen molar-refractivity contribution in [2.75, 3.05) is 18.0 Å². The van der Waals surface area contributed by atoms with Crippen LogP contribution in [0.1, 0.15) is 26.0 Å². The van der Waals surface area contributed by atoms with Crippen molar-refractivity contribution in [2.24, 2.45) is 0 Å². The Balaban J connectivity index is 2.59. The van der Waals surface area contributed by atoms with E-state index in [1.54, 1.807) is 0 Å². The van der Waals surface area contributed by atoms with E-state index in [1.165, 1.54) is 0 Å². The summed E-state index contributed by atoms with van der Waals surface area (Å²) in [5.41, 5.74) is 0. The van der Waals surface area contributed by atoms with Crippen molar-refractivity contribution in [1.82, 2.24) is 0 Å². The summed E-state index contributed by atoms with van der Waals surface area (Å²) in [4.78, 5) is 12.5. The summed E-state index contributed by atoms with van der Waals surface area (Å²) >= 11 is 0. The van der Waals surface area contributed by atoms with Crippen LogP contribution in [0.25, 0.3) is 0 Å². The number of carboxylic acid groups (broad SMARTS) is 1. The fraction of sp³-hybridized carbons (Fsp3) is 0.545. The molecule has 0 bridgehead atoms. The molecule has 0 aliphatic rings. The average Bonchev–Trinajstić information content (AvgIpc) is 2.65. The van der Waals surface area contributed by atoms with Crippen LogP contribution in [0.15, 0.2) is 16.5 Å². The highest BCUT2D eigenvalue weighted by Crippen LogP contribution is 2.19. The number of carboxylic acids is 1. The third-order valence-electron chi connectivity index (χ3n) is 2.31. The number of aliphatic carboxylic acids is 1. The maximum atomic E-state index is 10.4. The molecule has 1 rings (SSSR count). The second kappa shape index (κ2) is 5.44. The molecule has 0 atom stereocenters. The normalized spacial score (nSPS) is 10.3. The van der Waals surface area contributed by atoms with Gasteiger partial charge in [0.2, 0.25) is 0 Å². The van der Waals surface area contributed by atoms with E-state index in [4.69, 9.17) is 9.52 Å². The predicted octanol–water partition coefficient (Wildman–Crippen LogP) is 2.14. The molecule has 15 heavy (non-hydrogen) atoms. The van der Waals surface area contributed by atoms with Crippen LogP contribution in [0.3, 0.4) is 0 Å². The van der Waals surface area contributed by atoms with Gasteiger partial charge in [-0.25, -0.2) is 0 Å². The van der Waals surface area contributed by atoms with Crippen molar-refractivity contribution in [3.8, 4) is 0 Å². The van der Waals surface area contributed by atoms with Crippen LogP contribution in [-0.2, 0) is 11.2 Å². The Hall–Kier alpha value is -1.45. The zero-order valence-electron chi connectivity index (χ0n) is 9.19. The van der Waals surface area contributed by atoms with E-state index in [0.717, 1.165) is 24.7 Å². The third kappa shape index (κ3) is 3.31. The van der Waals surface area contributed by atoms with Gasteiger partial charge in [0, 0.05) is 25.6 Å². The van der Waals surface area contributed by atoms with Crippen molar-refractivity contribution in [3.63, 3.8) is 0 Å². The summed E-state index contributed by atoms with van der Waals surface area (Å²) in [6, 6.07) is 3.74. The van der Waals surface area contributed by atoms with Gasteiger partial charge in [0.05, 0.1) is 6.42 Å². The first kappa shape index (κ1) is 11.6. The summed E-state index contributed by atoms with van der Waals surface area (Å²) in [5, 5.41) is 8.53. The minimum Gasteiger partial charge on any atom is -0.481 e. The topological polar surface area (TPSA) is 53.7 Å². The van der Waals surface area contributed by atoms with E-state index >= 15 is 0 Å². The van der Waals surface area contributed by atoms with E-state index in [9.17, 15) is 4.79 Å². The maximum Gasteiger partial charge on any atom is 0.303 e. The molecule has 0 aliphatic heterocycles. The molecule has 4 heteroatoms. The lowest BCUT2D eigenvalue weighted by Gasteiger charge is -2.16. The zero-order chi connectivity index (χ0) is 11.3. The Bertz CT molecular complexity index is 315. The first-order valence-electron chi connectivity index (χ1n) is 5.22. The molecule has 0 fully saturated rings. The first-order valence-corrected chi connectivity index (χ1v) is 5.22. The molecule has 4 nitrogen and oxygen atoms in total. The third-order valence-corrected chi connectivity index (χ3v) is 2.31. The van der Waals surface area contributed by atoms with E-state index in [0.29, 0.717) is 6.42 Å². The van der Waals surface area contributed by atoms with Gasteiger partial charge in [-0.1, -0.05) is 0 Å². The highest BCUT2D eigenvalue weighted by atomic mass is 16.4. The van der Waals surface area contributed by atoms with Crippen molar-refractivity contribution < 1.29 is 14.3 Å². The summed E-state index contributed by atoms with van der Waals surface area (Å²) < 4.78 is 5.54. The van der Waals surface area contributed by atoms with Gasteiger partial charge in [0.25, 0.3) is 0 Å². The SMILES string of the molecule is CCN(CC)c1ccc(CCC(=O)O)o1. The molecule has 1 aromatic heterocycles. The van der Waals surface area contributed by atoms with E-state index in [-0.39, 0.29) is 6.42 Å². The fourth-order valence-electron chi connectivity index (χ4n) is 1.44. The molecular formula is C11H17NO3. The van der Waals surface area contributed by atoms with Gasteiger partial charge in [0.1, 0.15) is 5.76 Å². The van der Waals surface area contributed by atoms with Gasteiger partial charge < -0.3 is 14.4 Å². The standard InChI is InChI=1S/C11H17NO3/c1-3-12(4-2)10-7-5-9(15-10)6-8-11(13)14/h5,7H,3-4,6,8H2,1-2H3,(H,13,14). The van der Waals surface area contributed by atoms with Gasteiger partial charge >= 0.3 is 5.97 Å². The molecule has 0 saturated heterocycles. The zero-order valence-corrected chi connectivity index (χ0v) is 9.19. The molecule has 0 amide bonds. The van der Waals surface area contributed by atoms with Crippen LogP contribution in [0.2, 0.25) is 0 Å². The van der Waals surface area contributed by atoms with Crippen LogP contribution in [0.5, 0.6) is 0 Å². The van der Waals surface area contributed by atoms with Crippen molar-refractivity contribution in [1.29, 1.82) is 0 Å². The van der Waals surface area contributed by atoms with Crippen LogP contribution in [0, 0.1) is 0 Å². The monoisotopic (exact) mass is 211 g/mol. The number of hydrogen-bond acceptors (Lipinski definition) is 3. The fourth-order valence-corrected chi connectivity index (χ4v) is 1.44. The van der Waals surface area contributed by atoms with Crippen molar-refractivity contribution in [2.45, 2.75) is 26.7 Å². The molecule has 0 radical (unpaired) electrons. The molecule has 0 spiro atoms. The molecule has 1 N–H and O–H groups in total. The van der Waals surface area contributed by atoms with Gasteiger partial charge in [-0.05, 0) is 19.9 Å². The quantitative estimate of drug-likeness (QED) is 0.783. The molecule has 0 unspecified atom stereocenters. The molecule has 0 aliphatic carbocycles. The van der Waals surface area contributed by atoms with E-state index in [2.05, 4.69) is 18.7 Å². The number of carbonyl (C=O) groups is 1. The molecular weight excluding hydrogens is 194 g/mol. The number of hydrogen-bond donors (Lipinski definition) is 1. The maximum absolute atomic E-state index is 10.4. The molecule has 84 valence electrons. The molecule has 0 aromatic carbocycles. The number of rotatable bonds is 6. The van der Waals surface area contributed by atoms with Crippen LogP contribution >= 0.6 is 0 Å². The van der Waals surface area contributed by atoms with Crippen LogP contribution in [-0.4, -0.2) is 24.2 Å². The second-order valence-corrected chi connectivity index (χ2v) is 3.31. The Kier molecular flexibility index (Phi) is 4.21. The smallest absolute Gasteiger partial charge is 0.303 e. The second-order valence-electron chi connectivity index (χ2n) is 3.31. The minimum atomic E-state index is -0.796. The number of furan rings is 1. The Morgan fingerprint density at radius 3 is 2.60 bits per heavy atom. The number of nitrogens with zero attached hydrogens (tertiary/aromatic N) is 1.